The molecule has 140 valence electrons. The normalized spacial score (nSPS) is 18.3. The summed E-state index contributed by atoms with van der Waals surface area (Å²) in [6.07, 6.45) is 0. The summed E-state index contributed by atoms with van der Waals surface area (Å²) < 4.78 is 0. The molecule has 1 aliphatic rings. The van der Waals surface area contributed by atoms with Crippen LogP contribution < -0.4 is 10.6 Å². The van der Waals surface area contributed by atoms with Crippen molar-refractivity contribution >= 4 is 29.3 Å². The van der Waals surface area contributed by atoms with E-state index in [9.17, 15) is 20.1 Å². The molecule has 2 amide bonds. The molecule has 0 fully saturated rings. The molecule has 0 saturated heterocycles. The minimum Gasteiger partial charge on any atom is -0.325 e. The van der Waals surface area contributed by atoms with Crippen molar-refractivity contribution in [3.05, 3.63) is 39.4 Å². The lowest BCUT2D eigenvalue weighted by Gasteiger charge is -2.34. The molecule has 27 heavy (non-hydrogen) atoms. The van der Waals surface area contributed by atoms with E-state index in [2.05, 4.69) is 16.7 Å². The van der Waals surface area contributed by atoms with Crippen molar-refractivity contribution in [1.82, 2.24) is 5.32 Å². The molecule has 0 aromatic heterocycles. The number of benzene rings is 1. The average molecular weight is 382 g/mol. The van der Waals surface area contributed by atoms with Crippen molar-refractivity contribution in [3.8, 4) is 12.1 Å². The van der Waals surface area contributed by atoms with Gasteiger partial charge in [0.2, 0.25) is 11.8 Å². The Balaban J connectivity index is 2.17. The fraction of sp³-hybridized carbons (Fsp3) is 0.400. The van der Waals surface area contributed by atoms with Crippen molar-refractivity contribution in [2.45, 2.75) is 34.6 Å². The Kier molecular flexibility index (Phi) is 5.98. The van der Waals surface area contributed by atoms with Gasteiger partial charge in [-0.3, -0.25) is 9.59 Å². The molecule has 6 nitrogen and oxygen atoms in total. The summed E-state index contributed by atoms with van der Waals surface area (Å²) in [7, 11) is 0. The summed E-state index contributed by atoms with van der Waals surface area (Å²) in [5, 5.41) is 24.6. The number of allylic oxidation sites excluding steroid dienone is 1. The summed E-state index contributed by atoms with van der Waals surface area (Å²) in [4.78, 5) is 24.6. The van der Waals surface area contributed by atoms with E-state index < -0.39 is 17.2 Å². The third-order valence-corrected chi connectivity index (χ3v) is 5.62. The van der Waals surface area contributed by atoms with E-state index in [0.29, 0.717) is 10.6 Å². The topological polar surface area (TPSA) is 106 Å². The lowest BCUT2D eigenvalue weighted by molar-refractivity contribution is -0.125. The Hall–Kier alpha value is -2.77. The van der Waals surface area contributed by atoms with E-state index in [1.807, 2.05) is 39.0 Å². The van der Waals surface area contributed by atoms with Gasteiger partial charge >= 0.3 is 0 Å². The Morgan fingerprint density at radius 3 is 2.37 bits per heavy atom. The molecule has 1 aliphatic heterocycles. The maximum Gasteiger partial charge on any atom is 0.243 e. The van der Waals surface area contributed by atoms with Crippen molar-refractivity contribution in [2.75, 3.05) is 11.1 Å². The second kappa shape index (κ2) is 7.85. The number of hydrogen-bond acceptors (Lipinski definition) is 5. The van der Waals surface area contributed by atoms with E-state index in [4.69, 9.17) is 0 Å². The quantitative estimate of drug-likeness (QED) is 0.831. The predicted octanol–water partition coefficient (Wildman–Crippen LogP) is 3.31. The number of carbonyl (C=O) groups is 2. The Morgan fingerprint density at radius 2 is 1.85 bits per heavy atom. The molecule has 0 bridgehead atoms. The smallest absolute Gasteiger partial charge is 0.243 e. The van der Waals surface area contributed by atoms with Gasteiger partial charge in [0.15, 0.2) is 0 Å². The van der Waals surface area contributed by atoms with Gasteiger partial charge in [-0.2, -0.15) is 10.5 Å². The van der Waals surface area contributed by atoms with Crippen LogP contribution in [0.15, 0.2) is 22.7 Å². The number of carbonyl (C=O) groups excluding carboxylic acids is 2. The lowest BCUT2D eigenvalue weighted by atomic mass is 9.72. The van der Waals surface area contributed by atoms with E-state index in [1.54, 1.807) is 13.8 Å². The first-order valence-corrected chi connectivity index (χ1v) is 9.46. The number of aryl methyl sites for hydroxylation is 3. The highest BCUT2D eigenvalue weighted by molar-refractivity contribution is 8.03. The van der Waals surface area contributed by atoms with Crippen LogP contribution in [0.2, 0.25) is 0 Å². The number of nitrogens with one attached hydrogen (secondary N) is 2. The largest absolute Gasteiger partial charge is 0.325 e. The first-order valence-electron chi connectivity index (χ1n) is 8.47. The molecule has 0 spiro atoms. The van der Waals surface area contributed by atoms with Gasteiger partial charge in [0.05, 0.1) is 28.5 Å². The second-order valence-electron chi connectivity index (χ2n) is 7.20. The summed E-state index contributed by atoms with van der Waals surface area (Å²) in [6, 6.07) is 8.04. The highest BCUT2D eigenvalue weighted by Crippen LogP contribution is 2.41. The first-order chi connectivity index (χ1) is 12.6. The third kappa shape index (κ3) is 4.15. The number of nitrogens with zero attached hydrogens (tertiary/aromatic N) is 2. The molecule has 0 radical (unpaired) electrons. The maximum absolute atomic E-state index is 12.4. The van der Waals surface area contributed by atoms with E-state index in [-0.39, 0.29) is 11.7 Å². The van der Waals surface area contributed by atoms with Gasteiger partial charge in [-0.15, -0.1) is 0 Å². The molecular formula is C20H22N4O2S. The van der Waals surface area contributed by atoms with Gasteiger partial charge in [0, 0.05) is 11.1 Å². The molecule has 1 aromatic rings. The van der Waals surface area contributed by atoms with Crippen molar-refractivity contribution in [3.63, 3.8) is 0 Å². The zero-order valence-corrected chi connectivity index (χ0v) is 16.9. The van der Waals surface area contributed by atoms with Gasteiger partial charge in [0.1, 0.15) is 5.92 Å². The highest BCUT2D eigenvalue weighted by atomic mass is 32.2. The summed E-state index contributed by atoms with van der Waals surface area (Å²) in [5.41, 5.74) is 3.26. The van der Waals surface area contributed by atoms with Gasteiger partial charge in [-0.25, -0.2) is 0 Å². The lowest BCUT2D eigenvalue weighted by Crippen LogP contribution is -2.44. The zero-order valence-electron chi connectivity index (χ0n) is 16.1. The Morgan fingerprint density at radius 1 is 1.26 bits per heavy atom. The van der Waals surface area contributed by atoms with E-state index >= 15 is 0 Å². The standard InChI is InChI=1S/C20H22N4O2S/c1-11-6-12(2)17(13(3)7-11)23-16(25)10-27-19-15(9-22)20(4,5)14(8-21)18(26)24-19/h6-7,14H,10H2,1-5H3,(H,23,25)(H,24,26)/t14-/m0/s1. The van der Waals surface area contributed by atoms with Crippen LogP contribution in [0.4, 0.5) is 5.69 Å². The number of nitriles is 2. The molecule has 0 unspecified atom stereocenters. The molecular weight excluding hydrogens is 360 g/mol. The molecule has 2 rings (SSSR count). The third-order valence-electron chi connectivity index (χ3n) is 4.62. The SMILES string of the molecule is Cc1cc(C)c(NC(=O)CSC2=C(C#N)C(C)(C)[C@@H](C#N)C(=O)N2)c(C)c1. The van der Waals surface area contributed by atoms with E-state index in [1.165, 1.54) is 0 Å². The zero-order chi connectivity index (χ0) is 20.4. The summed E-state index contributed by atoms with van der Waals surface area (Å²) in [5.74, 6) is -1.58. The van der Waals surface area contributed by atoms with Crippen molar-refractivity contribution in [2.24, 2.45) is 11.3 Å². The van der Waals surface area contributed by atoms with Gasteiger partial charge in [-0.1, -0.05) is 43.3 Å². The molecule has 1 heterocycles. The number of anilines is 1. The van der Waals surface area contributed by atoms with Crippen LogP contribution in [-0.4, -0.2) is 17.6 Å². The number of rotatable bonds is 4. The average Bonchev–Trinajstić information content (AvgIpc) is 2.55. The number of thioether (sulfide) groups is 1. The fourth-order valence-electron chi connectivity index (χ4n) is 3.22. The van der Waals surface area contributed by atoms with Crippen LogP contribution in [-0.2, 0) is 9.59 Å². The summed E-state index contributed by atoms with van der Waals surface area (Å²) in [6.45, 7) is 9.25. The first kappa shape index (κ1) is 20.5. The Labute approximate surface area is 163 Å². The molecule has 2 N–H and O–H groups in total. The van der Waals surface area contributed by atoms with Crippen LogP contribution in [0.1, 0.15) is 30.5 Å². The molecule has 1 aromatic carbocycles. The molecule has 7 heteroatoms. The van der Waals surface area contributed by atoms with Crippen LogP contribution >= 0.6 is 11.8 Å². The molecule has 1 atom stereocenters. The van der Waals surface area contributed by atoms with E-state index in [0.717, 1.165) is 34.1 Å². The minimum absolute atomic E-state index is 0.0425. The highest BCUT2D eigenvalue weighted by Gasteiger charge is 2.44. The fourth-order valence-corrected chi connectivity index (χ4v) is 4.20. The number of amides is 2. The molecule has 0 aliphatic carbocycles. The number of hydrogen-bond donors (Lipinski definition) is 2. The van der Waals surface area contributed by atoms with Crippen molar-refractivity contribution < 1.29 is 9.59 Å². The second-order valence-corrected chi connectivity index (χ2v) is 8.19. The Bertz CT molecular complexity index is 896. The van der Waals surface area contributed by atoms with Crippen molar-refractivity contribution in [1.29, 1.82) is 10.5 Å². The van der Waals surface area contributed by atoms with Gasteiger partial charge in [0.25, 0.3) is 0 Å². The summed E-state index contributed by atoms with van der Waals surface area (Å²) >= 11 is 1.09. The van der Waals surface area contributed by atoms with Crippen LogP contribution in [0.3, 0.4) is 0 Å². The monoisotopic (exact) mass is 382 g/mol. The maximum atomic E-state index is 12.4. The molecule has 0 saturated carbocycles. The van der Waals surface area contributed by atoms with Gasteiger partial charge in [-0.05, 0) is 31.9 Å². The van der Waals surface area contributed by atoms with Crippen LogP contribution in [0, 0.1) is 54.8 Å². The van der Waals surface area contributed by atoms with Crippen LogP contribution in [0.5, 0.6) is 0 Å². The predicted molar refractivity (Wildman–Crippen MR) is 105 cm³/mol. The minimum atomic E-state index is -0.941. The van der Waals surface area contributed by atoms with Crippen LogP contribution in [0.25, 0.3) is 0 Å². The van der Waals surface area contributed by atoms with Gasteiger partial charge < -0.3 is 10.6 Å².